The van der Waals surface area contributed by atoms with Crippen molar-refractivity contribution in [3.63, 3.8) is 0 Å². The zero-order chi connectivity index (χ0) is 27.6. The Hall–Kier alpha value is -4.45. The Bertz CT molecular complexity index is 1600. The van der Waals surface area contributed by atoms with Gasteiger partial charge >= 0.3 is 0 Å². The maximum Gasteiger partial charge on any atom is 0.229 e. The maximum atomic E-state index is 13.7. The molecule has 0 atom stereocenters. The number of anilines is 1. The Kier molecular flexibility index (Phi) is 7.20. The lowest BCUT2D eigenvalue weighted by Gasteiger charge is -2.27. The van der Waals surface area contributed by atoms with Gasteiger partial charge in [-0.3, -0.25) is 9.69 Å². The van der Waals surface area contributed by atoms with Crippen molar-refractivity contribution in [2.24, 2.45) is 5.41 Å². The second-order valence-corrected chi connectivity index (χ2v) is 11.0. The highest BCUT2D eigenvalue weighted by Gasteiger charge is 2.25. The summed E-state index contributed by atoms with van der Waals surface area (Å²) in [4.78, 5) is 24.5. The Morgan fingerprint density at radius 3 is 2.31 bits per heavy atom. The smallest absolute Gasteiger partial charge is 0.229 e. The number of methoxy groups -OCH3 is 1. The summed E-state index contributed by atoms with van der Waals surface area (Å²) in [6, 6.07) is 22.5. The summed E-state index contributed by atoms with van der Waals surface area (Å²) in [7, 11) is 1.68. The molecule has 0 N–H and O–H groups in total. The number of pyridine rings is 1. The van der Waals surface area contributed by atoms with Gasteiger partial charge in [0.2, 0.25) is 11.8 Å². The Morgan fingerprint density at radius 2 is 1.64 bits per heavy atom. The molecule has 2 aromatic heterocycles. The molecule has 0 aliphatic rings. The van der Waals surface area contributed by atoms with Crippen molar-refractivity contribution >= 4 is 22.5 Å². The van der Waals surface area contributed by atoms with Crippen molar-refractivity contribution < 1.29 is 13.9 Å². The fraction of sp³-hybridized carbons (Fsp3) is 0.242. The summed E-state index contributed by atoms with van der Waals surface area (Å²) in [5.74, 6) is 2.12. The lowest BCUT2D eigenvalue weighted by molar-refractivity contribution is -0.120. The summed E-state index contributed by atoms with van der Waals surface area (Å²) in [6.07, 6.45) is 5.35. The summed E-state index contributed by atoms with van der Waals surface area (Å²) in [5, 5.41) is 1.87. The zero-order valence-corrected chi connectivity index (χ0v) is 23.1. The number of fused-ring (bicyclic) bond motifs is 1. The number of aryl methyl sites for hydroxylation is 1. The second kappa shape index (κ2) is 10.7. The Labute approximate surface area is 229 Å². The van der Waals surface area contributed by atoms with Crippen LogP contribution in [-0.4, -0.2) is 23.0 Å². The summed E-state index contributed by atoms with van der Waals surface area (Å²) in [5.41, 5.74) is 5.07. The molecular formula is C33H33N3O3. The van der Waals surface area contributed by atoms with Gasteiger partial charge in [0.15, 0.2) is 0 Å². The summed E-state index contributed by atoms with van der Waals surface area (Å²) >= 11 is 0. The fourth-order valence-electron chi connectivity index (χ4n) is 4.75. The predicted octanol–water partition coefficient (Wildman–Crippen LogP) is 7.84. The average Bonchev–Trinajstić information content (AvgIpc) is 3.46. The number of rotatable bonds is 7. The minimum atomic E-state index is -0.159. The minimum absolute atomic E-state index is 0.0362. The van der Waals surface area contributed by atoms with E-state index in [9.17, 15) is 4.79 Å². The Morgan fingerprint density at radius 1 is 0.897 bits per heavy atom. The van der Waals surface area contributed by atoms with Gasteiger partial charge in [0.05, 0.1) is 19.9 Å². The molecule has 5 aromatic rings. The minimum Gasteiger partial charge on any atom is -0.496 e. The van der Waals surface area contributed by atoms with Crippen LogP contribution in [0.4, 0.5) is 5.82 Å². The van der Waals surface area contributed by atoms with E-state index >= 15 is 0 Å². The Balaban J connectivity index is 1.49. The molecule has 2 heterocycles. The number of nitrogens with zero attached hydrogens (tertiary/aromatic N) is 3. The molecule has 5 rings (SSSR count). The average molecular weight is 520 g/mol. The van der Waals surface area contributed by atoms with E-state index < -0.39 is 0 Å². The molecule has 0 spiro atoms. The molecule has 1 amide bonds. The van der Waals surface area contributed by atoms with Crippen molar-refractivity contribution in [1.82, 2.24) is 9.97 Å². The zero-order valence-electron chi connectivity index (χ0n) is 23.1. The molecule has 3 aromatic carbocycles. The SMILES string of the molecule is COc1ccc(-c2ccc(CN(C(=O)CC(C)(C)C)c3nccc4cc(-c5ncco5)ccc34)cc2)cc1C. The first-order valence-electron chi connectivity index (χ1n) is 13.0. The first-order chi connectivity index (χ1) is 18.7. The lowest BCUT2D eigenvalue weighted by atomic mass is 9.91. The van der Waals surface area contributed by atoms with E-state index in [0.717, 1.165) is 44.3 Å². The van der Waals surface area contributed by atoms with Gasteiger partial charge in [-0.15, -0.1) is 0 Å². The number of carbonyl (C=O) groups is 1. The number of ether oxygens (including phenoxy) is 1. The standard InChI is InChI=1S/C33H33N3O3/c1-22-18-25(11-13-29(22)38-5)24-8-6-23(7-9-24)21-36(30(37)20-33(2,3)4)31-28-12-10-27(32-35-16-17-39-32)19-26(28)14-15-34-31/h6-19H,20-21H2,1-5H3. The topological polar surface area (TPSA) is 68.5 Å². The molecule has 0 fully saturated rings. The highest BCUT2D eigenvalue weighted by Crippen LogP contribution is 2.32. The summed E-state index contributed by atoms with van der Waals surface area (Å²) in [6.45, 7) is 8.70. The molecule has 6 heteroatoms. The van der Waals surface area contributed by atoms with Crippen molar-refractivity contribution in [2.75, 3.05) is 12.0 Å². The molecule has 6 nitrogen and oxygen atoms in total. The van der Waals surface area contributed by atoms with Crippen molar-refractivity contribution in [3.05, 3.63) is 96.5 Å². The third-order valence-electron chi connectivity index (χ3n) is 6.68. The fourth-order valence-corrected chi connectivity index (χ4v) is 4.75. The largest absolute Gasteiger partial charge is 0.496 e. The van der Waals surface area contributed by atoms with E-state index in [2.05, 4.69) is 62.2 Å². The number of oxazole rings is 1. The van der Waals surface area contributed by atoms with Gasteiger partial charge in [-0.05, 0) is 76.4 Å². The third-order valence-corrected chi connectivity index (χ3v) is 6.68. The molecular weight excluding hydrogens is 486 g/mol. The van der Waals surface area contributed by atoms with E-state index in [1.165, 1.54) is 0 Å². The maximum absolute atomic E-state index is 13.7. The third kappa shape index (κ3) is 5.85. The number of hydrogen-bond acceptors (Lipinski definition) is 5. The van der Waals surface area contributed by atoms with Crippen LogP contribution in [0.2, 0.25) is 0 Å². The van der Waals surface area contributed by atoms with Crippen LogP contribution < -0.4 is 9.64 Å². The molecule has 0 saturated carbocycles. The van der Waals surface area contributed by atoms with Crippen molar-refractivity contribution in [2.45, 2.75) is 40.7 Å². The highest BCUT2D eigenvalue weighted by molar-refractivity contribution is 6.03. The van der Waals surface area contributed by atoms with Gasteiger partial charge in [0, 0.05) is 23.6 Å². The van der Waals surface area contributed by atoms with Crippen molar-refractivity contribution in [3.8, 4) is 28.3 Å². The normalized spacial score (nSPS) is 11.5. The van der Waals surface area contributed by atoms with Gasteiger partial charge in [0.1, 0.15) is 17.8 Å². The van der Waals surface area contributed by atoms with E-state index in [4.69, 9.17) is 14.1 Å². The van der Waals surface area contributed by atoms with Crippen LogP contribution in [0.25, 0.3) is 33.4 Å². The van der Waals surface area contributed by atoms with Crippen LogP contribution in [0.15, 0.2) is 89.8 Å². The molecule has 0 radical (unpaired) electrons. The van der Waals surface area contributed by atoms with Gasteiger partial charge < -0.3 is 9.15 Å². The van der Waals surface area contributed by atoms with Crippen LogP contribution in [0.1, 0.15) is 38.3 Å². The summed E-state index contributed by atoms with van der Waals surface area (Å²) < 4.78 is 10.9. The van der Waals surface area contributed by atoms with Crippen LogP contribution >= 0.6 is 0 Å². The highest BCUT2D eigenvalue weighted by atomic mass is 16.5. The van der Waals surface area contributed by atoms with Crippen LogP contribution in [0, 0.1) is 12.3 Å². The van der Waals surface area contributed by atoms with Crippen LogP contribution in [-0.2, 0) is 11.3 Å². The number of benzene rings is 3. The van der Waals surface area contributed by atoms with E-state index in [1.807, 2.05) is 42.2 Å². The van der Waals surface area contributed by atoms with Crippen LogP contribution in [0.5, 0.6) is 5.75 Å². The molecule has 0 aliphatic carbocycles. The number of aromatic nitrogens is 2. The van der Waals surface area contributed by atoms with Gasteiger partial charge in [0.25, 0.3) is 0 Å². The van der Waals surface area contributed by atoms with Gasteiger partial charge in [-0.25, -0.2) is 9.97 Å². The number of amides is 1. The predicted molar refractivity (Wildman–Crippen MR) is 156 cm³/mol. The van der Waals surface area contributed by atoms with Gasteiger partial charge in [-0.1, -0.05) is 51.1 Å². The second-order valence-electron chi connectivity index (χ2n) is 11.0. The molecule has 0 bridgehead atoms. The van der Waals surface area contributed by atoms with Crippen LogP contribution in [0.3, 0.4) is 0 Å². The molecule has 0 saturated heterocycles. The molecule has 198 valence electrons. The molecule has 0 aliphatic heterocycles. The lowest BCUT2D eigenvalue weighted by Crippen LogP contribution is -2.34. The van der Waals surface area contributed by atoms with E-state index in [0.29, 0.717) is 24.7 Å². The molecule has 0 unspecified atom stereocenters. The van der Waals surface area contributed by atoms with E-state index in [1.54, 1.807) is 25.8 Å². The number of hydrogen-bond donors (Lipinski definition) is 0. The van der Waals surface area contributed by atoms with Crippen molar-refractivity contribution in [1.29, 1.82) is 0 Å². The number of carbonyl (C=O) groups excluding carboxylic acids is 1. The molecule has 39 heavy (non-hydrogen) atoms. The first-order valence-corrected chi connectivity index (χ1v) is 13.0. The quantitative estimate of drug-likeness (QED) is 0.219. The van der Waals surface area contributed by atoms with E-state index in [-0.39, 0.29) is 11.3 Å². The van der Waals surface area contributed by atoms with Gasteiger partial charge in [-0.2, -0.15) is 0 Å². The monoisotopic (exact) mass is 519 g/mol. The first kappa shape index (κ1) is 26.2.